The molecule has 1 rings (SSSR count). The first-order chi connectivity index (χ1) is 9.92. The predicted molar refractivity (Wildman–Crippen MR) is 84.5 cm³/mol. The lowest BCUT2D eigenvalue weighted by Crippen LogP contribution is -2.22. The first-order valence-electron chi connectivity index (χ1n) is 6.74. The molecule has 0 radical (unpaired) electrons. The van der Waals surface area contributed by atoms with Gasteiger partial charge in [0.05, 0.1) is 26.4 Å². The number of rotatable bonds is 7. The Morgan fingerprint density at radius 1 is 1.43 bits per heavy atom. The van der Waals surface area contributed by atoms with Crippen molar-refractivity contribution in [3.8, 4) is 5.75 Å². The molecule has 0 amide bonds. The number of methoxy groups -OCH3 is 1. The SMILES string of the molecule is CCOC(=O)COCC(N)c1c(C)c(Br)cc(C)c1OC. The summed E-state index contributed by atoms with van der Waals surface area (Å²) in [7, 11) is 1.62. The van der Waals surface area contributed by atoms with E-state index in [1.165, 1.54) is 0 Å². The fourth-order valence-corrected chi connectivity index (χ4v) is 2.70. The second-order valence-corrected chi connectivity index (χ2v) is 5.53. The lowest BCUT2D eigenvalue weighted by Gasteiger charge is -2.21. The summed E-state index contributed by atoms with van der Waals surface area (Å²) >= 11 is 3.51. The smallest absolute Gasteiger partial charge is 0.332 e. The fraction of sp³-hybridized carbons (Fsp3) is 0.533. The lowest BCUT2D eigenvalue weighted by molar-refractivity contribution is -0.148. The Morgan fingerprint density at radius 2 is 2.10 bits per heavy atom. The maximum Gasteiger partial charge on any atom is 0.332 e. The van der Waals surface area contributed by atoms with Gasteiger partial charge in [0.15, 0.2) is 0 Å². The van der Waals surface area contributed by atoms with E-state index in [-0.39, 0.29) is 25.2 Å². The largest absolute Gasteiger partial charge is 0.496 e. The van der Waals surface area contributed by atoms with Crippen molar-refractivity contribution in [2.75, 3.05) is 26.9 Å². The summed E-state index contributed by atoms with van der Waals surface area (Å²) in [5.74, 6) is 0.363. The van der Waals surface area contributed by atoms with Gasteiger partial charge < -0.3 is 19.9 Å². The third-order valence-electron chi connectivity index (χ3n) is 3.11. The van der Waals surface area contributed by atoms with Gasteiger partial charge in [-0.3, -0.25) is 0 Å². The molecule has 0 spiro atoms. The van der Waals surface area contributed by atoms with Crippen molar-refractivity contribution >= 4 is 21.9 Å². The van der Waals surface area contributed by atoms with Crippen molar-refractivity contribution in [1.29, 1.82) is 0 Å². The molecule has 0 aromatic heterocycles. The summed E-state index contributed by atoms with van der Waals surface area (Å²) in [6.07, 6.45) is 0. The van der Waals surface area contributed by atoms with E-state index in [0.29, 0.717) is 6.61 Å². The van der Waals surface area contributed by atoms with Crippen LogP contribution in [0.25, 0.3) is 0 Å². The molecule has 6 heteroatoms. The summed E-state index contributed by atoms with van der Waals surface area (Å²) in [5.41, 5.74) is 9.07. The van der Waals surface area contributed by atoms with Gasteiger partial charge in [-0.2, -0.15) is 0 Å². The highest BCUT2D eigenvalue weighted by Crippen LogP contribution is 2.35. The van der Waals surface area contributed by atoms with Gasteiger partial charge >= 0.3 is 5.97 Å². The van der Waals surface area contributed by atoms with Gasteiger partial charge in [0.1, 0.15) is 12.4 Å². The van der Waals surface area contributed by atoms with Crippen LogP contribution in [0.2, 0.25) is 0 Å². The number of carbonyl (C=O) groups is 1. The van der Waals surface area contributed by atoms with E-state index in [0.717, 1.165) is 26.9 Å². The molecule has 1 aromatic rings. The second-order valence-electron chi connectivity index (χ2n) is 4.67. The first-order valence-corrected chi connectivity index (χ1v) is 7.54. The molecule has 2 N–H and O–H groups in total. The molecule has 21 heavy (non-hydrogen) atoms. The van der Waals surface area contributed by atoms with Crippen LogP contribution in [0.5, 0.6) is 5.75 Å². The van der Waals surface area contributed by atoms with E-state index in [2.05, 4.69) is 15.9 Å². The Balaban J connectivity index is 2.82. The van der Waals surface area contributed by atoms with Crippen molar-refractivity contribution in [3.05, 3.63) is 27.2 Å². The molecule has 0 fully saturated rings. The van der Waals surface area contributed by atoms with Crippen LogP contribution in [0.1, 0.15) is 29.7 Å². The van der Waals surface area contributed by atoms with Crippen LogP contribution >= 0.6 is 15.9 Å². The first kappa shape index (κ1) is 17.9. The van der Waals surface area contributed by atoms with Gasteiger partial charge in [-0.1, -0.05) is 15.9 Å². The zero-order chi connectivity index (χ0) is 16.0. The van der Waals surface area contributed by atoms with Crippen LogP contribution in [0.3, 0.4) is 0 Å². The Bertz CT molecular complexity index is 505. The average molecular weight is 360 g/mol. The van der Waals surface area contributed by atoms with Gasteiger partial charge in [0.2, 0.25) is 0 Å². The van der Waals surface area contributed by atoms with E-state index in [4.69, 9.17) is 19.9 Å². The van der Waals surface area contributed by atoms with Crippen LogP contribution in [-0.2, 0) is 14.3 Å². The minimum absolute atomic E-state index is 0.101. The van der Waals surface area contributed by atoms with E-state index in [1.807, 2.05) is 19.9 Å². The van der Waals surface area contributed by atoms with Gasteiger partial charge in [-0.05, 0) is 38.0 Å². The van der Waals surface area contributed by atoms with Crippen LogP contribution < -0.4 is 10.5 Å². The molecule has 5 nitrogen and oxygen atoms in total. The molecule has 0 aliphatic rings. The number of nitrogens with two attached hydrogens (primary N) is 1. The molecule has 0 bridgehead atoms. The van der Waals surface area contributed by atoms with Crippen LogP contribution in [0.4, 0.5) is 0 Å². The van der Waals surface area contributed by atoms with Crippen molar-refractivity contribution < 1.29 is 19.0 Å². The Kier molecular flexibility index (Phi) is 7.14. The Morgan fingerprint density at radius 3 is 2.67 bits per heavy atom. The summed E-state index contributed by atoms with van der Waals surface area (Å²) in [6.45, 7) is 6.13. The summed E-state index contributed by atoms with van der Waals surface area (Å²) in [5, 5.41) is 0. The lowest BCUT2D eigenvalue weighted by atomic mass is 9.98. The highest BCUT2D eigenvalue weighted by Gasteiger charge is 2.19. The maximum atomic E-state index is 11.2. The third kappa shape index (κ3) is 4.69. The van der Waals surface area contributed by atoms with E-state index in [1.54, 1.807) is 14.0 Å². The molecule has 1 unspecified atom stereocenters. The number of hydrogen-bond donors (Lipinski definition) is 1. The van der Waals surface area contributed by atoms with Gasteiger partial charge in [-0.15, -0.1) is 0 Å². The number of ether oxygens (including phenoxy) is 3. The normalized spacial score (nSPS) is 12.1. The quantitative estimate of drug-likeness (QED) is 0.757. The maximum absolute atomic E-state index is 11.2. The minimum Gasteiger partial charge on any atom is -0.496 e. The predicted octanol–water partition coefficient (Wildman–Crippen LogP) is 2.65. The van der Waals surface area contributed by atoms with E-state index in [9.17, 15) is 4.79 Å². The van der Waals surface area contributed by atoms with Crippen LogP contribution in [-0.4, -0.2) is 32.9 Å². The van der Waals surface area contributed by atoms with Crippen LogP contribution in [0, 0.1) is 13.8 Å². The fourth-order valence-electron chi connectivity index (χ4n) is 2.15. The number of benzene rings is 1. The Hall–Kier alpha value is -1.11. The molecule has 0 saturated heterocycles. The molecule has 1 atom stereocenters. The summed E-state index contributed by atoms with van der Waals surface area (Å²) < 4.78 is 16.5. The average Bonchev–Trinajstić information content (AvgIpc) is 2.42. The monoisotopic (exact) mass is 359 g/mol. The Labute approximate surface area is 133 Å². The highest BCUT2D eigenvalue weighted by molar-refractivity contribution is 9.10. The molecule has 0 aliphatic heterocycles. The molecular weight excluding hydrogens is 338 g/mol. The number of halogens is 1. The van der Waals surface area contributed by atoms with Gasteiger partial charge in [0.25, 0.3) is 0 Å². The molecular formula is C15H22BrNO4. The molecule has 0 heterocycles. The van der Waals surface area contributed by atoms with Crippen LogP contribution in [0.15, 0.2) is 10.5 Å². The topological polar surface area (TPSA) is 70.8 Å². The summed E-state index contributed by atoms with van der Waals surface area (Å²) in [6, 6.07) is 1.61. The van der Waals surface area contributed by atoms with Crippen molar-refractivity contribution in [2.24, 2.45) is 5.73 Å². The molecule has 0 saturated carbocycles. The number of aryl methyl sites for hydroxylation is 1. The second kappa shape index (κ2) is 8.36. The molecule has 0 aliphatic carbocycles. The highest BCUT2D eigenvalue weighted by atomic mass is 79.9. The van der Waals surface area contributed by atoms with E-state index < -0.39 is 0 Å². The zero-order valence-electron chi connectivity index (χ0n) is 12.9. The van der Waals surface area contributed by atoms with Crippen molar-refractivity contribution in [3.63, 3.8) is 0 Å². The van der Waals surface area contributed by atoms with Crippen molar-refractivity contribution in [1.82, 2.24) is 0 Å². The van der Waals surface area contributed by atoms with Gasteiger partial charge in [-0.25, -0.2) is 4.79 Å². The summed E-state index contributed by atoms with van der Waals surface area (Å²) in [4.78, 5) is 11.2. The molecule has 118 valence electrons. The molecule has 1 aromatic carbocycles. The standard InChI is InChI=1S/C15H22BrNO4/c1-5-21-13(18)8-20-7-12(17)14-10(3)11(16)6-9(2)15(14)19-4/h6,12H,5,7-8,17H2,1-4H3. The number of hydrogen-bond acceptors (Lipinski definition) is 5. The minimum atomic E-state index is -0.390. The van der Waals surface area contributed by atoms with Crippen molar-refractivity contribution in [2.45, 2.75) is 26.8 Å². The van der Waals surface area contributed by atoms with Gasteiger partial charge in [0, 0.05) is 10.0 Å². The number of esters is 1. The third-order valence-corrected chi connectivity index (χ3v) is 3.93. The zero-order valence-corrected chi connectivity index (χ0v) is 14.5. The number of carbonyl (C=O) groups excluding carboxylic acids is 1. The van der Waals surface area contributed by atoms with E-state index >= 15 is 0 Å².